The third-order valence-corrected chi connectivity index (χ3v) is 6.01. The minimum absolute atomic E-state index is 0.0672. The standard InChI is InChI=1S/C17H18F3NO2S/c18-17(19,20)14-6-3-7-15(11-14)21-24(22,23)16-9-8-12-4-1-2-5-13(12)10-16/h1-2,4-5,8-10,14-15,21H,3,6-7,11H2. The van der Waals surface area contributed by atoms with Crippen LogP contribution in [0.15, 0.2) is 47.4 Å². The zero-order valence-corrected chi connectivity index (χ0v) is 13.7. The summed E-state index contributed by atoms with van der Waals surface area (Å²) in [4.78, 5) is 0.0790. The number of hydrogen-bond donors (Lipinski definition) is 1. The Hall–Kier alpha value is -1.60. The maximum atomic E-state index is 12.9. The zero-order chi connectivity index (χ0) is 17.4. The first-order valence-corrected chi connectivity index (χ1v) is 9.32. The van der Waals surface area contributed by atoms with E-state index in [2.05, 4.69) is 4.72 Å². The third-order valence-electron chi connectivity index (χ3n) is 4.49. The zero-order valence-electron chi connectivity index (χ0n) is 12.9. The van der Waals surface area contributed by atoms with Crippen LogP contribution in [0.25, 0.3) is 10.8 Å². The molecule has 0 spiro atoms. The van der Waals surface area contributed by atoms with Crippen molar-refractivity contribution in [2.45, 2.75) is 42.8 Å². The molecule has 24 heavy (non-hydrogen) atoms. The first-order valence-electron chi connectivity index (χ1n) is 7.83. The van der Waals surface area contributed by atoms with Gasteiger partial charge in [-0.3, -0.25) is 0 Å². The molecule has 1 N–H and O–H groups in total. The Morgan fingerprint density at radius 2 is 1.71 bits per heavy atom. The van der Waals surface area contributed by atoms with Gasteiger partial charge in [-0.2, -0.15) is 13.2 Å². The van der Waals surface area contributed by atoms with Crippen LogP contribution in [0.3, 0.4) is 0 Å². The van der Waals surface area contributed by atoms with Crippen LogP contribution in [0.1, 0.15) is 25.7 Å². The quantitative estimate of drug-likeness (QED) is 0.893. The third kappa shape index (κ3) is 3.72. The topological polar surface area (TPSA) is 46.2 Å². The van der Waals surface area contributed by atoms with E-state index in [9.17, 15) is 21.6 Å². The second kappa shape index (κ2) is 6.37. The van der Waals surface area contributed by atoms with E-state index in [0.29, 0.717) is 12.8 Å². The molecule has 0 amide bonds. The fourth-order valence-corrected chi connectivity index (χ4v) is 4.53. The van der Waals surface area contributed by atoms with Crippen molar-refractivity contribution < 1.29 is 21.6 Å². The normalized spacial score (nSPS) is 22.6. The summed E-state index contributed by atoms with van der Waals surface area (Å²) in [6.07, 6.45) is -3.60. The highest BCUT2D eigenvalue weighted by atomic mass is 32.2. The number of halogens is 3. The lowest BCUT2D eigenvalue weighted by Gasteiger charge is -2.30. The molecule has 1 saturated carbocycles. The van der Waals surface area contributed by atoms with Gasteiger partial charge in [-0.15, -0.1) is 0 Å². The van der Waals surface area contributed by atoms with Crippen molar-refractivity contribution >= 4 is 20.8 Å². The molecular formula is C17H18F3NO2S. The Labute approximate surface area is 138 Å². The van der Waals surface area contributed by atoms with Crippen LogP contribution in [0.4, 0.5) is 13.2 Å². The summed E-state index contributed by atoms with van der Waals surface area (Å²) < 4.78 is 66.1. The minimum atomic E-state index is -4.27. The van der Waals surface area contributed by atoms with Gasteiger partial charge in [-0.1, -0.05) is 36.8 Å². The maximum Gasteiger partial charge on any atom is 0.391 e. The van der Waals surface area contributed by atoms with E-state index in [-0.39, 0.29) is 17.7 Å². The fourth-order valence-electron chi connectivity index (χ4n) is 3.22. The van der Waals surface area contributed by atoms with Gasteiger partial charge < -0.3 is 0 Å². The van der Waals surface area contributed by atoms with Crippen LogP contribution in [0.2, 0.25) is 0 Å². The SMILES string of the molecule is O=S(=O)(NC1CCCC(C(F)(F)F)C1)c1ccc2ccccc2c1. The van der Waals surface area contributed by atoms with E-state index in [1.54, 1.807) is 24.3 Å². The highest BCUT2D eigenvalue weighted by Gasteiger charge is 2.42. The molecule has 1 aliphatic carbocycles. The number of alkyl halides is 3. The molecule has 1 fully saturated rings. The van der Waals surface area contributed by atoms with Gasteiger partial charge in [0.25, 0.3) is 0 Å². The Bertz CT molecular complexity index is 833. The lowest BCUT2D eigenvalue weighted by molar-refractivity contribution is -0.183. The Kier molecular flexibility index (Phi) is 4.57. The molecule has 130 valence electrons. The Morgan fingerprint density at radius 3 is 2.42 bits per heavy atom. The summed E-state index contributed by atoms with van der Waals surface area (Å²) in [5.74, 6) is -1.43. The van der Waals surface area contributed by atoms with E-state index in [4.69, 9.17) is 0 Å². The number of hydrogen-bond acceptors (Lipinski definition) is 2. The van der Waals surface area contributed by atoms with Gasteiger partial charge >= 0.3 is 6.18 Å². The molecule has 3 rings (SSSR count). The predicted molar refractivity (Wildman–Crippen MR) is 86.1 cm³/mol. The largest absolute Gasteiger partial charge is 0.391 e. The van der Waals surface area contributed by atoms with E-state index in [0.717, 1.165) is 10.8 Å². The van der Waals surface area contributed by atoms with Crippen molar-refractivity contribution in [3.8, 4) is 0 Å². The van der Waals surface area contributed by atoms with Gasteiger partial charge in [-0.25, -0.2) is 13.1 Å². The molecule has 1 aliphatic rings. The second-order valence-electron chi connectivity index (χ2n) is 6.23. The monoisotopic (exact) mass is 357 g/mol. The summed E-state index contributed by atoms with van der Waals surface area (Å²) in [5, 5.41) is 1.68. The first kappa shape index (κ1) is 17.2. The molecule has 7 heteroatoms. The summed E-state index contributed by atoms with van der Waals surface area (Å²) >= 11 is 0. The van der Waals surface area contributed by atoms with Crippen LogP contribution in [-0.2, 0) is 10.0 Å². The van der Waals surface area contributed by atoms with Crippen LogP contribution < -0.4 is 4.72 Å². The summed E-state index contributed by atoms with van der Waals surface area (Å²) in [6.45, 7) is 0. The van der Waals surface area contributed by atoms with Crippen molar-refractivity contribution in [2.24, 2.45) is 5.92 Å². The Balaban J connectivity index is 1.79. The molecular weight excluding hydrogens is 339 g/mol. The van der Waals surface area contributed by atoms with E-state index >= 15 is 0 Å². The maximum absolute atomic E-state index is 12.9. The molecule has 2 atom stereocenters. The number of nitrogens with one attached hydrogen (secondary N) is 1. The average molecular weight is 357 g/mol. The van der Waals surface area contributed by atoms with Gasteiger partial charge in [0, 0.05) is 6.04 Å². The molecule has 2 aromatic rings. The number of rotatable bonds is 3. The fraction of sp³-hybridized carbons (Fsp3) is 0.412. The van der Waals surface area contributed by atoms with Crippen molar-refractivity contribution in [1.29, 1.82) is 0 Å². The summed E-state index contributed by atoms with van der Waals surface area (Å²) in [5.41, 5.74) is 0. The Morgan fingerprint density at radius 1 is 1.00 bits per heavy atom. The molecule has 0 heterocycles. The molecule has 0 bridgehead atoms. The first-order chi connectivity index (χ1) is 11.3. The smallest absolute Gasteiger partial charge is 0.208 e. The number of sulfonamides is 1. The van der Waals surface area contributed by atoms with E-state index in [1.165, 1.54) is 6.07 Å². The van der Waals surface area contributed by atoms with E-state index in [1.807, 2.05) is 12.1 Å². The lowest BCUT2D eigenvalue weighted by atomic mass is 9.86. The summed E-state index contributed by atoms with van der Waals surface area (Å²) in [6, 6.07) is 11.4. The average Bonchev–Trinajstić information content (AvgIpc) is 2.53. The van der Waals surface area contributed by atoms with Gasteiger partial charge in [0.2, 0.25) is 10.0 Å². The highest BCUT2D eigenvalue weighted by molar-refractivity contribution is 7.89. The van der Waals surface area contributed by atoms with Crippen LogP contribution in [0.5, 0.6) is 0 Å². The molecule has 0 saturated heterocycles. The van der Waals surface area contributed by atoms with Gasteiger partial charge in [0.05, 0.1) is 10.8 Å². The molecule has 0 aliphatic heterocycles. The minimum Gasteiger partial charge on any atom is -0.208 e. The molecule has 2 unspecified atom stereocenters. The van der Waals surface area contributed by atoms with Crippen molar-refractivity contribution in [3.05, 3.63) is 42.5 Å². The number of benzene rings is 2. The molecule has 0 radical (unpaired) electrons. The van der Waals surface area contributed by atoms with Gasteiger partial charge in [-0.05, 0) is 42.2 Å². The number of fused-ring (bicyclic) bond motifs is 1. The molecule has 3 nitrogen and oxygen atoms in total. The van der Waals surface area contributed by atoms with Crippen molar-refractivity contribution in [2.75, 3.05) is 0 Å². The van der Waals surface area contributed by atoms with Crippen molar-refractivity contribution in [1.82, 2.24) is 4.72 Å². The van der Waals surface area contributed by atoms with Crippen LogP contribution in [0, 0.1) is 5.92 Å². The van der Waals surface area contributed by atoms with Crippen molar-refractivity contribution in [3.63, 3.8) is 0 Å². The van der Waals surface area contributed by atoms with Gasteiger partial charge in [0.1, 0.15) is 0 Å². The lowest BCUT2D eigenvalue weighted by Crippen LogP contribution is -2.41. The molecule has 0 aromatic heterocycles. The highest BCUT2D eigenvalue weighted by Crippen LogP contribution is 2.37. The van der Waals surface area contributed by atoms with Crippen LogP contribution >= 0.6 is 0 Å². The van der Waals surface area contributed by atoms with Crippen LogP contribution in [-0.4, -0.2) is 20.6 Å². The predicted octanol–water partition coefficient (Wildman–Crippen LogP) is 4.24. The second-order valence-corrected chi connectivity index (χ2v) is 7.95. The van der Waals surface area contributed by atoms with E-state index < -0.39 is 28.2 Å². The summed E-state index contributed by atoms with van der Waals surface area (Å²) in [7, 11) is -3.84. The molecule has 2 aromatic carbocycles. The van der Waals surface area contributed by atoms with Gasteiger partial charge in [0.15, 0.2) is 0 Å².